The molecule has 0 saturated carbocycles. The van der Waals surface area contributed by atoms with Crippen molar-refractivity contribution < 1.29 is 5.11 Å². The van der Waals surface area contributed by atoms with Crippen LogP contribution in [0.4, 0.5) is 0 Å². The Kier molecular flexibility index (Phi) is 4.59. The zero-order valence-corrected chi connectivity index (χ0v) is 11.0. The van der Waals surface area contributed by atoms with Gasteiger partial charge >= 0.3 is 0 Å². The summed E-state index contributed by atoms with van der Waals surface area (Å²) in [5.41, 5.74) is 0.0653. The van der Waals surface area contributed by atoms with Crippen LogP contribution >= 0.6 is 22.9 Å². The molecule has 0 fully saturated rings. The summed E-state index contributed by atoms with van der Waals surface area (Å²) in [7, 11) is 0. The fourth-order valence-electron chi connectivity index (χ4n) is 1.32. The van der Waals surface area contributed by atoms with Crippen LogP contribution in [0.15, 0.2) is 12.1 Å². The Morgan fingerprint density at radius 1 is 1.47 bits per heavy atom. The van der Waals surface area contributed by atoms with Crippen molar-refractivity contribution >= 4 is 22.9 Å². The Balaban J connectivity index is 2.48. The number of hydrogen-bond acceptors (Lipinski definition) is 3. The van der Waals surface area contributed by atoms with Crippen molar-refractivity contribution in [3.63, 3.8) is 0 Å². The minimum absolute atomic E-state index is 0.0653. The van der Waals surface area contributed by atoms with Crippen LogP contribution in [0.1, 0.15) is 25.6 Å². The van der Waals surface area contributed by atoms with Gasteiger partial charge in [-0.05, 0) is 17.5 Å². The summed E-state index contributed by atoms with van der Waals surface area (Å²) in [6.07, 6.45) is 0. The van der Waals surface area contributed by atoms with Gasteiger partial charge in [-0.15, -0.1) is 11.3 Å². The molecule has 1 heterocycles. The summed E-state index contributed by atoms with van der Waals surface area (Å²) < 4.78 is 0.808. The van der Waals surface area contributed by atoms with Gasteiger partial charge in [0.15, 0.2) is 0 Å². The lowest BCUT2D eigenvalue weighted by Gasteiger charge is -2.29. The molecule has 0 bridgehead atoms. The lowest BCUT2D eigenvalue weighted by Crippen LogP contribution is -2.42. The molecule has 1 aromatic heterocycles. The van der Waals surface area contributed by atoms with E-state index in [1.165, 1.54) is 4.88 Å². The molecule has 1 rings (SSSR count). The molecule has 0 amide bonds. The number of aliphatic hydroxyl groups excluding tert-OH is 1. The van der Waals surface area contributed by atoms with Crippen LogP contribution in [0.5, 0.6) is 0 Å². The van der Waals surface area contributed by atoms with Gasteiger partial charge in [0.05, 0.1) is 10.9 Å². The number of halogens is 1. The highest BCUT2D eigenvalue weighted by molar-refractivity contribution is 7.16. The van der Waals surface area contributed by atoms with Gasteiger partial charge in [-0.25, -0.2) is 0 Å². The second kappa shape index (κ2) is 5.30. The van der Waals surface area contributed by atoms with Gasteiger partial charge in [0.25, 0.3) is 0 Å². The summed E-state index contributed by atoms with van der Waals surface area (Å²) in [5.74, 6) is 0. The van der Waals surface area contributed by atoms with E-state index in [9.17, 15) is 5.11 Å². The first-order valence-corrected chi connectivity index (χ1v) is 6.21. The molecule has 1 aromatic rings. The fourth-order valence-corrected chi connectivity index (χ4v) is 2.35. The standard InChI is InChI=1S/C11H18ClNOS/c1-11(2,3)9(7-14)13-6-8-4-5-10(12)15-8/h4-5,9,13-14H,6-7H2,1-3H3/t9-/m1/s1. The van der Waals surface area contributed by atoms with Gasteiger partial charge in [0.2, 0.25) is 0 Å². The largest absolute Gasteiger partial charge is 0.395 e. The first-order chi connectivity index (χ1) is 6.93. The van der Waals surface area contributed by atoms with Crippen LogP contribution < -0.4 is 5.32 Å². The summed E-state index contributed by atoms with van der Waals surface area (Å²) in [5, 5.41) is 12.6. The van der Waals surface area contributed by atoms with Crippen LogP contribution in [0.25, 0.3) is 0 Å². The van der Waals surface area contributed by atoms with E-state index in [4.69, 9.17) is 11.6 Å². The van der Waals surface area contributed by atoms with Crippen molar-refractivity contribution in [1.29, 1.82) is 0 Å². The van der Waals surface area contributed by atoms with Gasteiger partial charge in [-0.1, -0.05) is 32.4 Å². The average molecular weight is 248 g/mol. The normalized spacial score (nSPS) is 14.2. The Morgan fingerprint density at radius 3 is 2.53 bits per heavy atom. The predicted molar refractivity (Wildman–Crippen MR) is 66.5 cm³/mol. The highest BCUT2D eigenvalue weighted by Crippen LogP contribution is 2.23. The third-order valence-corrected chi connectivity index (χ3v) is 3.61. The van der Waals surface area contributed by atoms with Gasteiger partial charge in [-0.2, -0.15) is 0 Å². The average Bonchev–Trinajstić information content (AvgIpc) is 2.50. The molecule has 2 nitrogen and oxygen atoms in total. The highest BCUT2D eigenvalue weighted by atomic mass is 35.5. The van der Waals surface area contributed by atoms with Gasteiger partial charge in [0, 0.05) is 17.5 Å². The summed E-state index contributed by atoms with van der Waals surface area (Å²) in [6.45, 7) is 7.26. The second-order valence-electron chi connectivity index (χ2n) is 4.69. The smallest absolute Gasteiger partial charge is 0.0931 e. The third-order valence-electron chi connectivity index (χ3n) is 2.38. The molecular weight excluding hydrogens is 230 g/mol. The van der Waals surface area contributed by atoms with Crippen LogP contribution in [-0.4, -0.2) is 17.8 Å². The molecule has 0 aliphatic heterocycles. The second-order valence-corrected chi connectivity index (χ2v) is 6.49. The molecule has 2 N–H and O–H groups in total. The lowest BCUT2D eigenvalue weighted by molar-refractivity contribution is 0.158. The lowest BCUT2D eigenvalue weighted by atomic mass is 9.87. The van der Waals surface area contributed by atoms with E-state index in [-0.39, 0.29) is 18.1 Å². The third kappa shape index (κ3) is 4.11. The zero-order valence-electron chi connectivity index (χ0n) is 9.38. The van der Waals surface area contributed by atoms with Crippen LogP contribution in [-0.2, 0) is 6.54 Å². The quantitative estimate of drug-likeness (QED) is 0.858. The minimum atomic E-state index is 0.0653. The van der Waals surface area contributed by atoms with E-state index in [0.717, 1.165) is 10.9 Å². The maximum atomic E-state index is 9.26. The van der Waals surface area contributed by atoms with E-state index in [2.05, 4.69) is 26.1 Å². The maximum absolute atomic E-state index is 9.26. The zero-order chi connectivity index (χ0) is 11.5. The molecular formula is C11H18ClNOS. The topological polar surface area (TPSA) is 32.3 Å². The van der Waals surface area contributed by atoms with Crippen LogP contribution in [0, 0.1) is 5.41 Å². The Labute approximate surface area is 100 Å². The number of hydrogen-bond donors (Lipinski definition) is 2. The molecule has 0 radical (unpaired) electrons. The first kappa shape index (κ1) is 13.0. The molecule has 86 valence electrons. The number of rotatable bonds is 4. The Hall–Kier alpha value is -0.0900. The highest BCUT2D eigenvalue weighted by Gasteiger charge is 2.23. The maximum Gasteiger partial charge on any atom is 0.0931 e. The van der Waals surface area contributed by atoms with Gasteiger partial charge in [0.1, 0.15) is 0 Å². The SMILES string of the molecule is CC(C)(C)[C@@H](CO)NCc1ccc(Cl)s1. The molecule has 0 aliphatic carbocycles. The van der Waals surface area contributed by atoms with E-state index < -0.39 is 0 Å². The summed E-state index contributed by atoms with van der Waals surface area (Å²) >= 11 is 7.41. The van der Waals surface area contributed by atoms with Crippen molar-refractivity contribution in [3.8, 4) is 0 Å². The molecule has 15 heavy (non-hydrogen) atoms. The van der Waals surface area contributed by atoms with Crippen molar-refractivity contribution in [3.05, 3.63) is 21.3 Å². The molecule has 0 aliphatic rings. The van der Waals surface area contributed by atoms with Crippen molar-refractivity contribution in [2.24, 2.45) is 5.41 Å². The van der Waals surface area contributed by atoms with Crippen LogP contribution in [0.2, 0.25) is 4.34 Å². The number of thiophene rings is 1. The molecule has 1 atom stereocenters. The van der Waals surface area contributed by atoms with E-state index >= 15 is 0 Å². The summed E-state index contributed by atoms with van der Waals surface area (Å²) in [6, 6.07) is 4.02. The van der Waals surface area contributed by atoms with Crippen LogP contribution in [0.3, 0.4) is 0 Å². The summed E-state index contributed by atoms with van der Waals surface area (Å²) in [4.78, 5) is 1.20. The number of nitrogens with one attached hydrogen (secondary N) is 1. The van der Waals surface area contributed by atoms with E-state index in [1.807, 2.05) is 12.1 Å². The fraction of sp³-hybridized carbons (Fsp3) is 0.636. The van der Waals surface area contributed by atoms with E-state index in [0.29, 0.717) is 0 Å². The van der Waals surface area contributed by atoms with E-state index in [1.54, 1.807) is 11.3 Å². The van der Waals surface area contributed by atoms with Crippen molar-refractivity contribution in [2.45, 2.75) is 33.4 Å². The van der Waals surface area contributed by atoms with Gasteiger partial charge in [-0.3, -0.25) is 0 Å². The monoisotopic (exact) mass is 247 g/mol. The Morgan fingerprint density at radius 2 is 2.13 bits per heavy atom. The number of aliphatic hydroxyl groups is 1. The molecule has 0 unspecified atom stereocenters. The molecule has 0 saturated heterocycles. The molecule has 4 heteroatoms. The van der Waals surface area contributed by atoms with Gasteiger partial charge < -0.3 is 10.4 Å². The molecule has 0 aromatic carbocycles. The van der Waals surface area contributed by atoms with Crippen molar-refractivity contribution in [2.75, 3.05) is 6.61 Å². The Bertz CT molecular complexity index is 306. The molecule has 0 spiro atoms. The first-order valence-electron chi connectivity index (χ1n) is 5.02. The predicted octanol–water partition coefficient (Wildman–Crippen LogP) is 2.90. The minimum Gasteiger partial charge on any atom is -0.395 e. The van der Waals surface area contributed by atoms with Crippen molar-refractivity contribution in [1.82, 2.24) is 5.32 Å².